The Morgan fingerprint density at radius 3 is 2.43 bits per heavy atom. The summed E-state index contributed by atoms with van der Waals surface area (Å²) in [6.07, 6.45) is 1.34. The Bertz CT molecular complexity index is 821. The van der Waals surface area contributed by atoms with Gasteiger partial charge in [0.15, 0.2) is 11.4 Å². The van der Waals surface area contributed by atoms with Gasteiger partial charge in [-0.15, -0.1) is 0 Å². The van der Waals surface area contributed by atoms with Gasteiger partial charge in [0.05, 0.1) is 5.69 Å². The zero-order chi connectivity index (χ0) is 17.3. The molecule has 0 aliphatic heterocycles. The fraction of sp³-hybridized carbons (Fsp3) is 0.333. The van der Waals surface area contributed by atoms with Crippen molar-refractivity contribution in [2.24, 2.45) is 0 Å². The lowest BCUT2D eigenvalue weighted by Crippen LogP contribution is -2.36. The molecule has 122 valence electrons. The van der Waals surface area contributed by atoms with Crippen LogP contribution in [0.3, 0.4) is 0 Å². The van der Waals surface area contributed by atoms with E-state index < -0.39 is 16.8 Å². The summed E-state index contributed by atoms with van der Waals surface area (Å²) in [7, 11) is 3.12. The Hall–Kier alpha value is -2.90. The standard InChI is InChI=1S/C15H18N4O4/c1-7(2)19(4)15(23)11-12(20)8(5-6-17-11)18-10-9(16-3)13(21)14(10)22/h5-7,16,20H,1-4H3,(H,17,18). The van der Waals surface area contributed by atoms with E-state index in [1.807, 2.05) is 13.8 Å². The molecule has 0 aliphatic rings. The van der Waals surface area contributed by atoms with Crippen LogP contribution in [-0.2, 0) is 0 Å². The molecule has 0 unspecified atom stereocenters. The first kappa shape index (κ1) is 16.5. The molecule has 1 aromatic carbocycles. The third kappa shape index (κ3) is 2.75. The molecule has 0 aliphatic carbocycles. The molecular formula is C15H18N4O4. The Kier molecular flexibility index (Phi) is 4.35. The Balaban J connectivity index is 2.38. The third-order valence-electron chi connectivity index (χ3n) is 3.64. The van der Waals surface area contributed by atoms with E-state index >= 15 is 0 Å². The highest BCUT2D eigenvalue weighted by molar-refractivity contribution is 5.97. The highest BCUT2D eigenvalue weighted by atomic mass is 16.3. The lowest BCUT2D eigenvalue weighted by Gasteiger charge is -2.22. The van der Waals surface area contributed by atoms with Gasteiger partial charge in [0.25, 0.3) is 16.8 Å². The number of hydrogen-bond acceptors (Lipinski definition) is 7. The van der Waals surface area contributed by atoms with Gasteiger partial charge in [-0.1, -0.05) is 0 Å². The minimum atomic E-state index is -0.683. The molecular weight excluding hydrogens is 300 g/mol. The van der Waals surface area contributed by atoms with Crippen LogP contribution in [0.4, 0.5) is 17.1 Å². The number of nitrogens with one attached hydrogen (secondary N) is 2. The largest absolute Gasteiger partial charge is 0.504 e. The maximum atomic E-state index is 12.3. The molecule has 1 amide bonds. The van der Waals surface area contributed by atoms with Crippen LogP contribution in [0, 0.1) is 0 Å². The highest BCUT2D eigenvalue weighted by Crippen LogP contribution is 2.30. The summed E-state index contributed by atoms with van der Waals surface area (Å²) in [5.41, 5.74) is -1.12. The van der Waals surface area contributed by atoms with Crippen molar-refractivity contribution in [3.05, 3.63) is 38.4 Å². The molecule has 2 aromatic rings. The van der Waals surface area contributed by atoms with Crippen molar-refractivity contribution in [1.82, 2.24) is 9.88 Å². The second-order valence-electron chi connectivity index (χ2n) is 5.35. The number of anilines is 3. The average Bonchev–Trinajstić information content (AvgIpc) is 2.54. The molecule has 3 N–H and O–H groups in total. The van der Waals surface area contributed by atoms with Crippen LogP contribution in [-0.4, -0.2) is 41.0 Å². The quantitative estimate of drug-likeness (QED) is 0.694. The number of pyridine rings is 1. The highest BCUT2D eigenvalue weighted by Gasteiger charge is 2.24. The number of aromatic nitrogens is 1. The van der Waals surface area contributed by atoms with E-state index in [4.69, 9.17) is 0 Å². The number of hydrogen-bond donors (Lipinski definition) is 3. The average molecular weight is 318 g/mol. The van der Waals surface area contributed by atoms with Gasteiger partial charge in [-0.3, -0.25) is 14.4 Å². The summed E-state index contributed by atoms with van der Waals surface area (Å²) >= 11 is 0. The van der Waals surface area contributed by atoms with E-state index in [1.165, 1.54) is 24.2 Å². The van der Waals surface area contributed by atoms with E-state index in [0.717, 1.165) is 0 Å². The molecule has 1 heterocycles. The van der Waals surface area contributed by atoms with E-state index in [0.29, 0.717) is 0 Å². The lowest BCUT2D eigenvalue weighted by molar-refractivity contribution is 0.0746. The van der Waals surface area contributed by atoms with Gasteiger partial charge < -0.3 is 20.6 Å². The normalized spacial score (nSPS) is 10.8. The van der Waals surface area contributed by atoms with Crippen molar-refractivity contribution in [1.29, 1.82) is 0 Å². The van der Waals surface area contributed by atoms with Crippen LogP contribution in [0.2, 0.25) is 0 Å². The van der Waals surface area contributed by atoms with Gasteiger partial charge in [-0.25, -0.2) is 4.98 Å². The molecule has 0 spiro atoms. The van der Waals surface area contributed by atoms with Gasteiger partial charge in [0.2, 0.25) is 0 Å². The maximum Gasteiger partial charge on any atom is 0.276 e. The number of amides is 1. The molecule has 2 rings (SSSR count). The van der Waals surface area contributed by atoms with Crippen LogP contribution in [0.15, 0.2) is 21.9 Å². The number of rotatable bonds is 5. The second-order valence-corrected chi connectivity index (χ2v) is 5.35. The van der Waals surface area contributed by atoms with Gasteiger partial charge in [0.1, 0.15) is 11.4 Å². The minimum absolute atomic E-state index is 0.0506. The summed E-state index contributed by atoms with van der Waals surface area (Å²) in [5.74, 6) is -0.819. The minimum Gasteiger partial charge on any atom is -0.504 e. The van der Waals surface area contributed by atoms with Crippen molar-refractivity contribution in [3.8, 4) is 5.75 Å². The fourth-order valence-corrected chi connectivity index (χ4v) is 2.00. The van der Waals surface area contributed by atoms with Crippen molar-refractivity contribution >= 4 is 23.0 Å². The van der Waals surface area contributed by atoms with E-state index in [-0.39, 0.29) is 34.5 Å². The third-order valence-corrected chi connectivity index (χ3v) is 3.64. The van der Waals surface area contributed by atoms with Crippen molar-refractivity contribution in [3.63, 3.8) is 0 Å². The fourth-order valence-electron chi connectivity index (χ4n) is 2.00. The molecule has 8 heteroatoms. The zero-order valence-corrected chi connectivity index (χ0v) is 13.3. The molecule has 0 saturated carbocycles. The zero-order valence-electron chi connectivity index (χ0n) is 13.3. The SMILES string of the molecule is CNc1c(Nc2ccnc(C(=O)N(C)C(C)C)c2O)c(=O)c1=O. The molecule has 0 fully saturated rings. The predicted molar refractivity (Wildman–Crippen MR) is 87.3 cm³/mol. The molecule has 8 nitrogen and oxygen atoms in total. The van der Waals surface area contributed by atoms with Gasteiger partial charge in [0, 0.05) is 26.3 Å². The van der Waals surface area contributed by atoms with E-state index in [1.54, 1.807) is 7.05 Å². The monoisotopic (exact) mass is 318 g/mol. The van der Waals surface area contributed by atoms with Crippen molar-refractivity contribution < 1.29 is 9.90 Å². The summed E-state index contributed by atoms with van der Waals surface area (Å²) < 4.78 is 0. The summed E-state index contributed by atoms with van der Waals surface area (Å²) in [6.45, 7) is 3.67. The van der Waals surface area contributed by atoms with Gasteiger partial charge in [-0.05, 0) is 19.9 Å². The second kappa shape index (κ2) is 6.07. The van der Waals surface area contributed by atoms with Gasteiger partial charge in [-0.2, -0.15) is 0 Å². The van der Waals surface area contributed by atoms with Crippen molar-refractivity contribution in [2.75, 3.05) is 24.7 Å². The first-order valence-corrected chi connectivity index (χ1v) is 7.02. The first-order valence-electron chi connectivity index (χ1n) is 7.02. The van der Waals surface area contributed by atoms with Gasteiger partial charge >= 0.3 is 0 Å². The van der Waals surface area contributed by atoms with E-state index in [9.17, 15) is 19.5 Å². The molecule has 1 aromatic heterocycles. The molecule has 0 atom stereocenters. The number of aromatic hydroxyl groups is 1. The van der Waals surface area contributed by atoms with Crippen LogP contribution in [0.5, 0.6) is 5.75 Å². The molecule has 0 saturated heterocycles. The van der Waals surface area contributed by atoms with E-state index in [2.05, 4.69) is 15.6 Å². The number of carbonyl (C=O) groups is 1. The number of carbonyl (C=O) groups excluding carboxylic acids is 1. The molecule has 23 heavy (non-hydrogen) atoms. The van der Waals surface area contributed by atoms with Crippen molar-refractivity contribution in [2.45, 2.75) is 19.9 Å². The number of nitrogens with zero attached hydrogens (tertiary/aromatic N) is 2. The van der Waals surface area contributed by atoms with Crippen LogP contribution < -0.4 is 21.5 Å². The van der Waals surface area contributed by atoms with Crippen LogP contribution in [0.25, 0.3) is 0 Å². The van der Waals surface area contributed by atoms with Crippen LogP contribution >= 0.6 is 0 Å². The first-order chi connectivity index (χ1) is 10.8. The smallest absolute Gasteiger partial charge is 0.276 e. The summed E-state index contributed by atoms with van der Waals surface area (Å²) in [4.78, 5) is 40.6. The Labute approximate surface area is 132 Å². The predicted octanol–water partition coefficient (Wildman–Crippen LogP) is 0.649. The summed E-state index contributed by atoms with van der Waals surface area (Å²) in [6, 6.07) is 1.35. The molecule has 0 bridgehead atoms. The van der Waals surface area contributed by atoms with Crippen LogP contribution in [0.1, 0.15) is 24.3 Å². The molecule has 0 radical (unpaired) electrons. The maximum absolute atomic E-state index is 12.3. The lowest BCUT2D eigenvalue weighted by atomic mass is 10.1. The topological polar surface area (TPSA) is 112 Å². The Morgan fingerprint density at radius 2 is 1.87 bits per heavy atom. The summed E-state index contributed by atoms with van der Waals surface area (Å²) in [5, 5.41) is 15.6. The Morgan fingerprint density at radius 1 is 1.26 bits per heavy atom.